The fraction of sp³-hybridized carbons (Fsp3) is 0.929. The second-order valence-corrected chi connectivity index (χ2v) is 21.5. The third kappa shape index (κ3) is 18.5. The Balaban J connectivity index is 1.04. The monoisotopic (exact) mass is 870 g/mol. The highest BCUT2D eigenvalue weighted by molar-refractivity contribution is 5.25. The summed E-state index contributed by atoms with van der Waals surface area (Å²) in [7, 11) is 0. The summed E-state index contributed by atoms with van der Waals surface area (Å²) in [5.74, 6) is 5.33. The predicted octanol–water partition coefficient (Wildman–Crippen LogP) is 14.5. The van der Waals surface area contributed by atoms with Crippen LogP contribution in [0.5, 0.6) is 0 Å². The Morgan fingerprint density at radius 1 is 0.694 bits per heavy atom. The summed E-state index contributed by atoms with van der Waals surface area (Å²) in [6, 6.07) is 0. The minimum atomic E-state index is 0.0154. The SMILES string of the molecule is CCCCCCCCC=CCCCCCCCCOCC(CNCCOCC)OCCOCCO[C@H]1CC[C@@]2(C)C(=CC[C@@H]3C2CC[C@@]2(C)C3CC[C@@H]2[C@H](C)CCCC(C)C)C1. The Morgan fingerprint density at radius 2 is 1.42 bits per heavy atom. The van der Waals surface area contributed by atoms with Crippen LogP contribution in [0.3, 0.4) is 0 Å². The van der Waals surface area contributed by atoms with Crippen LogP contribution in [0.15, 0.2) is 23.8 Å². The number of fused-ring (bicyclic) bond motifs is 5. The van der Waals surface area contributed by atoms with Crippen molar-refractivity contribution in [3.63, 3.8) is 0 Å². The Bertz CT molecular complexity index is 1190. The number of nitrogens with one attached hydrogen (secondary N) is 1. The van der Waals surface area contributed by atoms with Crippen LogP contribution in [0.2, 0.25) is 0 Å². The first-order valence-electron chi connectivity index (χ1n) is 27.2. The zero-order valence-electron chi connectivity index (χ0n) is 42.1. The van der Waals surface area contributed by atoms with Gasteiger partial charge in [-0.1, -0.05) is 142 Å². The smallest absolute Gasteiger partial charge is 0.0933 e. The van der Waals surface area contributed by atoms with Gasteiger partial charge in [0.2, 0.25) is 0 Å². The Morgan fingerprint density at radius 3 is 2.16 bits per heavy atom. The highest BCUT2D eigenvalue weighted by Crippen LogP contribution is 2.67. The van der Waals surface area contributed by atoms with Gasteiger partial charge in [0.25, 0.3) is 0 Å². The molecule has 9 atom stereocenters. The number of hydrogen-bond acceptors (Lipinski definition) is 6. The maximum absolute atomic E-state index is 6.49. The minimum Gasteiger partial charge on any atom is -0.380 e. The van der Waals surface area contributed by atoms with Gasteiger partial charge >= 0.3 is 0 Å². The third-order valence-corrected chi connectivity index (χ3v) is 16.5. The summed E-state index contributed by atoms with van der Waals surface area (Å²) in [6.07, 6.45) is 41.4. The topological polar surface area (TPSA) is 58.2 Å². The molecule has 3 saturated carbocycles. The van der Waals surface area contributed by atoms with E-state index in [-0.39, 0.29) is 6.10 Å². The fourth-order valence-corrected chi connectivity index (χ4v) is 12.8. The Hall–Kier alpha value is -0.760. The van der Waals surface area contributed by atoms with Crippen molar-refractivity contribution in [3.8, 4) is 0 Å². The van der Waals surface area contributed by atoms with Gasteiger partial charge in [-0.3, -0.25) is 0 Å². The molecule has 0 aliphatic heterocycles. The summed E-state index contributed by atoms with van der Waals surface area (Å²) >= 11 is 0. The maximum atomic E-state index is 6.49. The summed E-state index contributed by atoms with van der Waals surface area (Å²) in [5.41, 5.74) is 2.66. The van der Waals surface area contributed by atoms with Crippen LogP contribution in [-0.4, -0.2) is 78.2 Å². The summed E-state index contributed by atoms with van der Waals surface area (Å²) < 4.78 is 30.4. The van der Waals surface area contributed by atoms with Gasteiger partial charge in [-0.25, -0.2) is 0 Å². The van der Waals surface area contributed by atoms with E-state index in [1.165, 1.54) is 148 Å². The van der Waals surface area contributed by atoms with Crippen molar-refractivity contribution in [1.29, 1.82) is 0 Å². The summed E-state index contributed by atoms with van der Waals surface area (Å²) in [4.78, 5) is 0. The van der Waals surface area contributed by atoms with Crippen molar-refractivity contribution in [1.82, 2.24) is 5.32 Å². The van der Waals surface area contributed by atoms with E-state index in [0.717, 1.165) is 81.3 Å². The second-order valence-electron chi connectivity index (χ2n) is 21.5. The van der Waals surface area contributed by atoms with Gasteiger partial charge in [-0.05, 0) is 137 Å². The first-order valence-corrected chi connectivity index (χ1v) is 27.2. The molecule has 62 heavy (non-hydrogen) atoms. The molecule has 0 bridgehead atoms. The lowest BCUT2D eigenvalue weighted by atomic mass is 9.47. The largest absolute Gasteiger partial charge is 0.380 e. The quantitative estimate of drug-likeness (QED) is 0.0496. The molecule has 4 rings (SSSR count). The number of hydrogen-bond donors (Lipinski definition) is 1. The van der Waals surface area contributed by atoms with Crippen LogP contribution < -0.4 is 5.32 Å². The average Bonchev–Trinajstić information content (AvgIpc) is 3.62. The molecule has 0 spiro atoms. The van der Waals surface area contributed by atoms with Crippen molar-refractivity contribution in [2.24, 2.45) is 46.3 Å². The van der Waals surface area contributed by atoms with E-state index in [4.69, 9.17) is 23.7 Å². The molecule has 0 amide bonds. The van der Waals surface area contributed by atoms with Gasteiger partial charge in [0.05, 0.1) is 51.8 Å². The van der Waals surface area contributed by atoms with E-state index in [9.17, 15) is 0 Å². The van der Waals surface area contributed by atoms with E-state index in [0.29, 0.717) is 50.0 Å². The van der Waals surface area contributed by atoms with Gasteiger partial charge in [0.1, 0.15) is 0 Å². The van der Waals surface area contributed by atoms with Crippen molar-refractivity contribution < 1.29 is 23.7 Å². The van der Waals surface area contributed by atoms with Gasteiger partial charge in [0, 0.05) is 26.3 Å². The van der Waals surface area contributed by atoms with Crippen molar-refractivity contribution in [2.75, 3.05) is 65.9 Å². The van der Waals surface area contributed by atoms with E-state index in [2.05, 4.69) is 65.1 Å². The number of allylic oxidation sites excluding steroid dienone is 3. The fourth-order valence-electron chi connectivity index (χ4n) is 12.8. The van der Waals surface area contributed by atoms with Gasteiger partial charge in [-0.15, -0.1) is 0 Å². The molecule has 0 radical (unpaired) electrons. The predicted molar refractivity (Wildman–Crippen MR) is 263 cm³/mol. The first-order chi connectivity index (χ1) is 30.2. The standard InChI is InChI=1S/C56H103NO5/c1-8-10-11-12-13-14-15-16-17-18-19-20-21-22-23-24-37-60-45-50(44-57-36-38-58-9-2)62-42-40-59-39-41-61-49-32-34-55(6)48(43-49)28-29-51-53-31-30-52(47(5)27-25-26-46(3)4)56(53,7)35-33-54(51)55/h16-17,28,46-47,49-54,57H,8-15,18-27,29-45H2,1-7H3/t47-,49+,50?,51+,52-,53?,54?,55+,56-/m1/s1. The molecule has 4 aliphatic rings. The lowest BCUT2D eigenvalue weighted by Crippen LogP contribution is -2.51. The van der Waals surface area contributed by atoms with Gasteiger partial charge in [-0.2, -0.15) is 0 Å². The van der Waals surface area contributed by atoms with E-state index in [1.807, 2.05) is 6.92 Å². The van der Waals surface area contributed by atoms with Crippen molar-refractivity contribution >= 4 is 0 Å². The Kier molecular flexibility index (Phi) is 27.1. The third-order valence-electron chi connectivity index (χ3n) is 16.5. The highest BCUT2D eigenvalue weighted by atomic mass is 16.6. The molecule has 0 aromatic rings. The molecule has 1 N–H and O–H groups in total. The molecule has 4 aliphatic carbocycles. The van der Waals surface area contributed by atoms with Crippen molar-refractivity contribution in [2.45, 2.75) is 221 Å². The summed E-state index contributed by atoms with van der Waals surface area (Å²) in [6.45, 7) is 24.0. The van der Waals surface area contributed by atoms with Gasteiger partial charge < -0.3 is 29.0 Å². The first kappa shape index (κ1) is 53.9. The lowest BCUT2D eigenvalue weighted by Gasteiger charge is -2.58. The normalized spacial score (nSPS) is 28.3. The molecular weight excluding hydrogens is 767 g/mol. The van der Waals surface area contributed by atoms with E-state index >= 15 is 0 Å². The van der Waals surface area contributed by atoms with Crippen LogP contribution in [0, 0.1) is 46.3 Å². The van der Waals surface area contributed by atoms with Crippen LogP contribution >= 0.6 is 0 Å². The number of unbranched alkanes of at least 4 members (excludes halogenated alkanes) is 12. The molecule has 6 nitrogen and oxygen atoms in total. The molecule has 0 saturated heterocycles. The maximum Gasteiger partial charge on any atom is 0.0933 e. The number of rotatable bonds is 37. The zero-order valence-corrected chi connectivity index (χ0v) is 42.1. The Labute approximate surface area is 385 Å². The molecule has 0 aromatic heterocycles. The lowest BCUT2D eigenvalue weighted by molar-refractivity contribution is -0.0715. The number of ether oxygens (including phenoxy) is 5. The van der Waals surface area contributed by atoms with Gasteiger partial charge in [0.15, 0.2) is 0 Å². The van der Waals surface area contributed by atoms with Crippen LogP contribution in [0.1, 0.15) is 209 Å². The molecule has 0 aromatic carbocycles. The molecule has 3 unspecified atom stereocenters. The average molecular weight is 870 g/mol. The van der Waals surface area contributed by atoms with E-state index < -0.39 is 0 Å². The molecule has 362 valence electrons. The van der Waals surface area contributed by atoms with E-state index in [1.54, 1.807) is 5.57 Å². The van der Waals surface area contributed by atoms with Crippen LogP contribution in [-0.2, 0) is 23.7 Å². The van der Waals surface area contributed by atoms with Crippen molar-refractivity contribution in [3.05, 3.63) is 23.8 Å². The molecule has 6 heteroatoms. The zero-order chi connectivity index (χ0) is 44.3. The summed E-state index contributed by atoms with van der Waals surface area (Å²) in [5, 5.41) is 3.49. The van der Waals surface area contributed by atoms with Crippen LogP contribution in [0.25, 0.3) is 0 Å². The molecule has 3 fully saturated rings. The highest BCUT2D eigenvalue weighted by Gasteiger charge is 2.59. The second kappa shape index (κ2) is 31.3. The minimum absolute atomic E-state index is 0.0154. The van der Waals surface area contributed by atoms with Crippen LogP contribution in [0.4, 0.5) is 0 Å². The molecule has 0 heterocycles. The molecular formula is C56H103NO5.